The largest absolute Gasteiger partial charge is 0.494 e. The van der Waals surface area contributed by atoms with Crippen LogP contribution in [0, 0.1) is 6.92 Å². The van der Waals surface area contributed by atoms with E-state index in [-0.39, 0.29) is 29.0 Å². The number of hydrogen-bond acceptors (Lipinski definition) is 9. The summed E-state index contributed by atoms with van der Waals surface area (Å²) in [5, 5.41) is 2.45. The number of guanidine groups is 1. The number of benzene rings is 1. The Bertz CT molecular complexity index is 1130. The molecule has 2 aromatic rings. The second-order valence-corrected chi connectivity index (χ2v) is 10.4. The summed E-state index contributed by atoms with van der Waals surface area (Å²) in [7, 11) is -0.166. The highest BCUT2D eigenvalue weighted by Gasteiger charge is 2.16. The number of aryl methyl sites for hydroxylation is 2. The third kappa shape index (κ3) is 9.02. The molecule has 0 aliphatic carbocycles. The first-order valence-corrected chi connectivity index (χ1v) is 12.7. The molecule has 1 aromatic carbocycles. The zero-order valence-electron chi connectivity index (χ0n) is 20.3. The summed E-state index contributed by atoms with van der Waals surface area (Å²) in [6, 6.07) is 7.69. The summed E-state index contributed by atoms with van der Waals surface area (Å²) in [5.74, 6) is 0.221. The average molecular weight is 507 g/mol. The molecule has 13 heteroatoms. The average Bonchev–Trinajstić information content (AvgIpc) is 2.79. The number of unbranched alkanes of at least 4 members (excludes halogenated alkanes) is 1. The van der Waals surface area contributed by atoms with Crippen LogP contribution < -0.4 is 27.3 Å². The molecule has 2 rings (SSSR count). The van der Waals surface area contributed by atoms with Crippen LogP contribution >= 0.6 is 0 Å². The number of nitrogens with one attached hydrogen (secondary N) is 1. The lowest BCUT2D eigenvalue weighted by molar-refractivity contribution is 0.0972. The van der Waals surface area contributed by atoms with Crippen molar-refractivity contribution in [2.75, 3.05) is 44.5 Å². The van der Waals surface area contributed by atoms with Gasteiger partial charge in [0, 0.05) is 20.6 Å². The van der Waals surface area contributed by atoms with E-state index in [1.807, 2.05) is 24.3 Å². The number of nitrogen functional groups attached to an aromatic ring is 2. The quantitative estimate of drug-likeness (QED) is 0.182. The highest BCUT2D eigenvalue weighted by molar-refractivity contribution is 7.89. The van der Waals surface area contributed by atoms with E-state index in [2.05, 4.69) is 20.3 Å². The van der Waals surface area contributed by atoms with Gasteiger partial charge in [0.2, 0.25) is 10.0 Å². The Kier molecular flexibility index (Phi) is 10.2. The molecule has 0 aliphatic rings. The second kappa shape index (κ2) is 12.9. The van der Waals surface area contributed by atoms with E-state index in [1.165, 1.54) is 18.4 Å². The smallest absolute Gasteiger partial charge is 0.280 e. The Labute approximate surface area is 206 Å². The number of aliphatic imine (C=N–C) groups is 1. The number of carbonyl (C=O) groups excluding carboxylic acids is 1. The molecule has 0 saturated heterocycles. The van der Waals surface area contributed by atoms with Crippen LogP contribution in [0.3, 0.4) is 0 Å². The standard InChI is InChI=1S/C22H34N8O4S/c1-15-19(23)28-20(24)18(27-15)21(31)29-22(25)26-12-5-4-7-16-8-10-17(11-9-16)34-13-6-14-35(32,33)30(2)3/h8-11H,4-7,12-14H2,1-3H3,(H4,23,24,28)(H3,25,26,29,31). The number of ether oxygens (including phenoxy) is 1. The number of nitrogens with zero attached hydrogens (tertiary/aromatic N) is 4. The predicted molar refractivity (Wildman–Crippen MR) is 137 cm³/mol. The highest BCUT2D eigenvalue weighted by Crippen LogP contribution is 2.15. The lowest BCUT2D eigenvalue weighted by atomic mass is 10.1. The van der Waals surface area contributed by atoms with Gasteiger partial charge in [0.05, 0.1) is 18.1 Å². The SMILES string of the molecule is Cc1nc(C(=O)NC(N)=NCCCCc2ccc(OCCCS(=O)(=O)N(C)C)cc2)c(N)nc1N. The molecule has 1 heterocycles. The first-order valence-electron chi connectivity index (χ1n) is 11.1. The molecule has 0 unspecified atom stereocenters. The fourth-order valence-corrected chi connectivity index (χ4v) is 3.78. The van der Waals surface area contributed by atoms with Crippen molar-refractivity contribution in [1.29, 1.82) is 0 Å². The van der Waals surface area contributed by atoms with Gasteiger partial charge in [-0.15, -0.1) is 0 Å². The van der Waals surface area contributed by atoms with Gasteiger partial charge in [-0.05, 0) is 50.3 Å². The van der Waals surface area contributed by atoms with E-state index in [4.69, 9.17) is 21.9 Å². The van der Waals surface area contributed by atoms with Gasteiger partial charge >= 0.3 is 0 Å². The van der Waals surface area contributed by atoms with E-state index >= 15 is 0 Å². The summed E-state index contributed by atoms with van der Waals surface area (Å²) in [5.41, 5.74) is 18.6. The number of carbonyl (C=O) groups is 1. The minimum atomic E-state index is -3.20. The lowest BCUT2D eigenvalue weighted by Gasteiger charge is -2.11. The Morgan fingerprint density at radius 1 is 1.09 bits per heavy atom. The molecule has 0 aliphatic heterocycles. The Morgan fingerprint density at radius 3 is 2.43 bits per heavy atom. The van der Waals surface area contributed by atoms with Crippen molar-refractivity contribution in [3.63, 3.8) is 0 Å². The first kappa shape index (κ1) is 27.8. The maximum Gasteiger partial charge on any atom is 0.280 e. The maximum atomic E-state index is 12.3. The molecule has 12 nitrogen and oxygen atoms in total. The summed E-state index contributed by atoms with van der Waals surface area (Å²) in [4.78, 5) is 24.3. The van der Waals surface area contributed by atoms with Crippen molar-refractivity contribution in [3.8, 4) is 5.75 Å². The topological polar surface area (TPSA) is 192 Å². The third-order valence-electron chi connectivity index (χ3n) is 5.04. The summed E-state index contributed by atoms with van der Waals surface area (Å²) < 4.78 is 30.3. The summed E-state index contributed by atoms with van der Waals surface area (Å²) in [6.07, 6.45) is 2.92. The fourth-order valence-electron chi connectivity index (χ4n) is 2.93. The van der Waals surface area contributed by atoms with Crippen LogP contribution in [0.15, 0.2) is 29.3 Å². The summed E-state index contributed by atoms with van der Waals surface area (Å²) in [6.45, 7) is 2.41. The number of anilines is 2. The monoisotopic (exact) mass is 506 g/mol. The van der Waals surface area contributed by atoms with Crippen LogP contribution in [0.2, 0.25) is 0 Å². The zero-order chi connectivity index (χ0) is 26.0. The van der Waals surface area contributed by atoms with Crippen LogP contribution in [0.1, 0.15) is 41.0 Å². The van der Waals surface area contributed by atoms with Gasteiger partial charge in [-0.25, -0.2) is 22.7 Å². The molecule has 0 saturated carbocycles. The van der Waals surface area contributed by atoms with Gasteiger partial charge in [-0.1, -0.05) is 12.1 Å². The number of amides is 1. The summed E-state index contributed by atoms with van der Waals surface area (Å²) >= 11 is 0. The van der Waals surface area contributed by atoms with Gasteiger partial charge in [-0.3, -0.25) is 15.1 Å². The Morgan fingerprint density at radius 2 is 1.77 bits per heavy atom. The number of rotatable bonds is 12. The predicted octanol–water partition coefficient (Wildman–Crippen LogP) is 0.677. The van der Waals surface area contributed by atoms with Crippen molar-refractivity contribution in [2.45, 2.75) is 32.6 Å². The van der Waals surface area contributed by atoms with Crippen LogP contribution in [0.25, 0.3) is 0 Å². The minimum absolute atomic E-state index is 0.0226. The molecule has 0 bridgehead atoms. The third-order valence-corrected chi connectivity index (χ3v) is 6.96. The van der Waals surface area contributed by atoms with Crippen molar-refractivity contribution in [2.24, 2.45) is 10.7 Å². The molecular formula is C22H34N8O4S. The number of aromatic nitrogens is 2. The van der Waals surface area contributed by atoms with Crippen molar-refractivity contribution in [3.05, 3.63) is 41.2 Å². The molecule has 192 valence electrons. The van der Waals surface area contributed by atoms with Gasteiger partial charge in [-0.2, -0.15) is 0 Å². The van der Waals surface area contributed by atoms with Crippen molar-refractivity contribution < 1.29 is 17.9 Å². The number of sulfonamides is 1. The number of nitrogens with two attached hydrogens (primary N) is 3. The van der Waals surface area contributed by atoms with Gasteiger partial charge in [0.1, 0.15) is 11.6 Å². The normalized spacial score (nSPS) is 12.1. The van der Waals surface area contributed by atoms with E-state index in [9.17, 15) is 13.2 Å². The molecular weight excluding hydrogens is 472 g/mol. The fraction of sp³-hybridized carbons (Fsp3) is 0.455. The van der Waals surface area contributed by atoms with E-state index < -0.39 is 15.9 Å². The van der Waals surface area contributed by atoms with E-state index in [0.29, 0.717) is 31.0 Å². The van der Waals surface area contributed by atoms with Gasteiger partial charge < -0.3 is 21.9 Å². The highest BCUT2D eigenvalue weighted by atomic mass is 32.2. The molecule has 0 spiro atoms. The van der Waals surface area contributed by atoms with Crippen LogP contribution in [0.5, 0.6) is 5.75 Å². The maximum absolute atomic E-state index is 12.3. The number of hydrogen-bond donors (Lipinski definition) is 4. The van der Waals surface area contributed by atoms with E-state index in [1.54, 1.807) is 6.92 Å². The van der Waals surface area contributed by atoms with Crippen molar-refractivity contribution in [1.82, 2.24) is 19.6 Å². The van der Waals surface area contributed by atoms with Crippen LogP contribution in [-0.2, 0) is 16.4 Å². The molecule has 7 N–H and O–H groups in total. The second-order valence-electron chi connectivity index (χ2n) is 8.05. The first-order chi connectivity index (χ1) is 16.5. The van der Waals surface area contributed by atoms with Crippen LogP contribution in [-0.4, -0.2) is 67.6 Å². The molecule has 35 heavy (non-hydrogen) atoms. The zero-order valence-corrected chi connectivity index (χ0v) is 21.1. The lowest BCUT2D eigenvalue weighted by Crippen LogP contribution is -2.38. The Balaban J connectivity index is 1.69. The van der Waals surface area contributed by atoms with E-state index in [0.717, 1.165) is 24.8 Å². The minimum Gasteiger partial charge on any atom is -0.494 e. The molecule has 1 amide bonds. The van der Waals surface area contributed by atoms with Crippen LogP contribution in [0.4, 0.5) is 11.6 Å². The Hall–Kier alpha value is -3.45. The molecule has 1 aromatic heterocycles. The van der Waals surface area contributed by atoms with Gasteiger partial charge in [0.25, 0.3) is 5.91 Å². The van der Waals surface area contributed by atoms with Gasteiger partial charge in [0.15, 0.2) is 17.5 Å². The van der Waals surface area contributed by atoms with Crippen molar-refractivity contribution >= 4 is 33.5 Å². The molecule has 0 radical (unpaired) electrons. The molecule has 0 atom stereocenters. The molecule has 0 fully saturated rings.